The molecule has 0 spiro atoms. The minimum atomic E-state index is 1.12. The van der Waals surface area contributed by atoms with E-state index >= 15 is 0 Å². The first-order valence-corrected chi connectivity index (χ1v) is 18.6. The van der Waals surface area contributed by atoms with Gasteiger partial charge in [-0.05, 0) is 92.0 Å². The van der Waals surface area contributed by atoms with Gasteiger partial charge in [-0.15, -0.1) is 11.3 Å². The molecule has 244 valence electrons. The molecule has 0 aliphatic carbocycles. The molecule has 0 fully saturated rings. The molecule has 1 heterocycles. The molecule has 1 aromatic heterocycles. The van der Waals surface area contributed by atoms with E-state index in [-0.39, 0.29) is 0 Å². The number of thiophene rings is 1. The fourth-order valence-corrected chi connectivity index (χ4v) is 9.10. The molecule has 0 unspecified atom stereocenters. The summed E-state index contributed by atoms with van der Waals surface area (Å²) < 4.78 is 2.69. The molecule has 1 nitrogen and oxygen atoms in total. The van der Waals surface area contributed by atoms with E-state index in [2.05, 4.69) is 205 Å². The van der Waals surface area contributed by atoms with Crippen LogP contribution in [0.5, 0.6) is 0 Å². The fraction of sp³-hybridized carbons (Fsp3) is 0. The van der Waals surface area contributed by atoms with Crippen LogP contribution in [-0.2, 0) is 0 Å². The van der Waals surface area contributed by atoms with E-state index < -0.39 is 0 Å². The smallest absolute Gasteiger partial charge is 0.0462 e. The van der Waals surface area contributed by atoms with E-state index in [1.54, 1.807) is 0 Å². The largest absolute Gasteiger partial charge is 0.311 e. The van der Waals surface area contributed by atoms with Crippen molar-refractivity contribution in [3.05, 3.63) is 200 Å². The van der Waals surface area contributed by atoms with Gasteiger partial charge in [-0.1, -0.05) is 158 Å². The maximum absolute atomic E-state index is 2.34. The predicted octanol–water partition coefficient (Wildman–Crippen LogP) is 14.8. The first-order chi connectivity index (χ1) is 25.8. The third kappa shape index (κ3) is 5.24. The molecule has 0 bridgehead atoms. The Hall–Kier alpha value is -6.48. The molecule has 10 aromatic rings. The molecule has 0 aliphatic rings. The monoisotopic (exact) mass is 679 g/mol. The van der Waals surface area contributed by atoms with Crippen LogP contribution in [0, 0.1) is 0 Å². The zero-order chi connectivity index (χ0) is 34.4. The summed E-state index contributed by atoms with van der Waals surface area (Å²) in [5.41, 5.74) is 10.7. The first kappa shape index (κ1) is 30.4. The zero-order valence-corrected chi connectivity index (χ0v) is 29.2. The summed E-state index contributed by atoms with van der Waals surface area (Å²) in [6, 6.07) is 72.6. The minimum Gasteiger partial charge on any atom is -0.311 e. The van der Waals surface area contributed by atoms with Crippen molar-refractivity contribution in [1.29, 1.82) is 0 Å². The number of hydrogen-bond donors (Lipinski definition) is 0. The number of fused-ring (bicyclic) bond motifs is 7. The van der Waals surface area contributed by atoms with Gasteiger partial charge in [0.15, 0.2) is 0 Å². The molecule has 2 heteroatoms. The lowest BCUT2D eigenvalue weighted by Crippen LogP contribution is -2.09. The van der Waals surface area contributed by atoms with Gasteiger partial charge in [0.25, 0.3) is 0 Å². The van der Waals surface area contributed by atoms with E-state index in [0.717, 1.165) is 17.1 Å². The van der Waals surface area contributed by atoms with Crippen molar-refractivity contribution < 1.29 is 0 Å². The Labute approximate surface area is 307 Å². The normalized spacial score (nSPS) is 11.5. The molecule has 52 heavy (non-hydrogen) atoms. The number of para-hydroxylation sites is 1. The Morgan fingerprint density at radius 1 is 0.308 bits per heavy atom. The van der Waals surface area contributed by atoms with Crippen molar-refractivity contribution in [2.45, 2.75) is 0 Å². The van der Waals surface area contributed by atoms with Crippen LogP contribution < -0.4 is 4.90 Å². The second-order valence-electron chi connectivity index (χ2n) is 13.3. The number of benzene rings is 9. The van der Waals surface area contributed by atoms with Crippen molar-refractivity contribution in [1.82, 2.24) is 0 Å². The van der Waals surface area contributed by atoms with Crippen molar-refractivity contribution in [3.63, 3.8) is 0 Å². The number of rotatable bonds is 6. The van der Waals surface area contributed by atoms with Gasteiger partial charge in [-0.2, -0.15) is 0 Å². The quantitative estimate of drug-likeness (QED) is 0.158. The van der Waals surface area contributed by atoms with E-state index in [4.69, 9.17) is 0 Å². The lowest BCUT2D eigenvalue weighted by molar-refractivity contribution is 1.28. The average Bonchev–Trinajstić information content (AvgIpc) is 3.61. The lowest BCUT2D eigenvalue weighted by Gasteiger charge is -2.26. The Morgan fingerprint density at radius 2 is 0.827 bits per heavy atom. The van der Waals surface area contributed by atoms with Crippen LogP contribution in [0.1, 0.15) is 0 Å². The van der Waals surface area contributed by atoms with Gasteiger partial charge in [0, 0.05) is 42.6 Å². The highest BCUT2D eigenvalue weighted by Gasteiger charge is 2.16. The molecular weight excluding hydrogens is 647 g/mol. The van der Waals surface area contributed by atoms with Crippen LogP contribution in [-0.4, -0.2) is 0 Å². The van der Waals surface area contributed by atoms with Crippen LogP contribution in [0.25, 0.3) is 75.1 Å². The average molecular weight is 680 g/mol. The van der Waals surface area contributed by atoms with Crippen molar-refractivity contribution in [2.75, 3.05) is 4.90 Å². The van der Waals surface area contributed by atoms with Crippen molar-refractivity contribution in [3.8, 4) is 33.4 Å². The molecule has 0 N–H and O–H groups in total. The highest BCUT2D eigenvalue weighted by Crippen LogP contribution is 2.45. The topological polar surface area (TPSA) is 3.24 Å². The summed E-state index contributed by atoms with van der Waals surface area (Å²) in [6.07, 6.45) is 0. The highest BCUT2D eigenvalue weighted by molar-refractivity contribution is 7.27. The SMILES string of the molecule is c1ccc(-c2cccc(-c3ccc(N(c4ccccc4)c4ccc(-c5cccc6c5sc5c6ccc6ccc7ccccc7c65)cc4)cc3)c2)cc1. The maximum Gasteiger partial charge on any atom is 0.0462 e. The number of anilines is 3. The summed E-state index contributed by atoms with van der Waals surface area (Å²) in [6.45, 7) is 0. The fourth-order valence-electron chi connectivity index (χ4n) is 7.70. The summed E-state index contributed by atoms with van der Waals surface area (Å²) >= 11 is 1.92. The Kier molecular flexibility index (Phi) is 7.41. The Bertz CT molecular complexity index is 2870. The van der Waals surface area contributed by atoms with E-state index in [1.807, 2.05) is 11.3 Å². The van der Waals surface area contributed by atoms with Crippen LogP contribution in [0.3, 0.4) is 0 Å². The second-order valence-corrected chi connectivity index (χ2v) is 14.3. The molecule has 0 saturated heterocycles. The Morgan fingerprint density at radius 3 is 1.58 bits per heavy atom. The zero-order valence-electron chi connectivity index (χ0n) is 28.4. The van der Waals surface area contributed by atoms with Crippen LogP contribution in [0.4, 0.5) is 17.1 Å². The second kappa shape index (κ2) is 12.7. The molecule has 0 amide bonds. The van der Waals surface area contributed by atoms with Gasteiger partial charge < -0.3 is 4.90 Å². The van der Waals surface area contributed by atoms with Gasteiger partial charge in [0.05, 0.1) is 0 Å². The van der Waals surface area contributed by atoms with Crippen LogP contribution >= 0.6 is 11.3 Å². The van der Waals surface area contributed by atoms with Crippen molar-refractivity contribution >= 4 is 70.1 Å². The minimum absolute atomic E-state index is 1.12. The number of hydrogen-bond acceptors (Lipinski definition) is 2. The molecule has 0 saturated carbocycles. The molecule has 0 radical (unpaired) electrons. The molecule has 10 rings (SSSR count). The Balaban J connectivity index is 1.03. The van der Waals surface area contributed by atoms with E-state index in [1.165, 1.54) is 75.1 Å². The summed E-state index contributed by atoms with van der Waals surface area (Å²) in [5, 5.41) is 7.89. The first-order valence-electron chi connectivity index (χ1n) is 17.8. The van der Waals surface area contributed by atoms with Gasteiger partial charge in [0.2, 0.25) is 0 Å². The molecule has 9 aromatic carbocycles. The van der Waals surface area contributed by atoms with Crippen LogP contribution in [0.2, 0.25) is 0 Å². The summed E-state index contributed by atoms with van der Waals surface area (Å²) in [4.78, 5) is 2.34. The van der Waals surface area contributed by atoms with Crippen LogP contribution in [0.15, 0.2) is 200 Å². The predicted molar refractivity (Wildman–Crippen MR) is 225 cm³/mol. The summed E-state index contributed by atoms with van der Waals surface area (Å²) in [5.74, 6) is 0. The van der Waals surface area contributed by atoms with Gasteiger partial charge in [0.1, 0.15) is 0 Å². The number of nitrogens with zero attached hydrogens (tertiary/aromatic N) is 1. The van der Waals surface area contributed by atoms with E-state index in [9.17, 15) is 0 Å². The van der Waals surface area contributed by atoms with Gasteiger partial charge >= 0.3 is 0 Å². The standard InChI is InChI=1S/C50H33NS/c1-3-11-34(12-4-1)39-14-9-15-40(33-39)35-23-28-42(29-24-35)51(41-16-5-2-6-17-41)43-30-25-37(26-31-43)45-19-10-20-46-47-32-27-38-22-21-36-13-7-8-18-44(36)48(38)50(47)52-49(45)46/h1-33H. The van der Waals surface area contributed by atoms with Gasteiger partial charge in [-0.3, -0.25) is 0 Å². The van der Waals surface area contributed by atoms with Crippen molar-refractivity contribution in [2.24, 2.45) is 0 Å². The third-order valence-corrected chi connectivity index (χ3v) is 11.5. The molecular formula is C50H33NS. The van der Waals surface area contributed by atoms with Gasteiger partial charge in [-0.25, -0.2) is 0 Å². The van der Waals surface area contributed by atoms with E-state index in [0.29, 0.717) is 0 Å². The highest BCUT2D eigenvalue weighted by atomic mass is 32.1. The summed E-state index contributed by atoms with van der Waals surface area (Å²) in [7, 11) is 0. The maximum atomic E-state index is 2.34. The third-order valence-electron chi connectivity index (χ3n) is 10.3. The molecule has 0 atom stereocenters. The molecule has 0 aliphatic heterocycles. The lowest BCUT2D eigenvalue weighted by atomic mass is 9.98.